The molecule has 0 aliphatic carbocycles. The quantitative estimate of drug-likeness (QED) is 0.539. The Balaban J connectivity index is -0.000000202. The molecule has 0 aromatic rings. The van der Waals surface area contributed by atoms with E-state index in [4.69, 9.17) is 13.3 Å². The van der Waals surface area contributed by atoms with E-state index in [1.54, 1.807) is 27.0 Å². The van der Waals surface area contributed by atoms with Crippen molar-refractivity contribution in [3.63, 3.8) is 0 Å². The first-order valence-electron chi connectivity index (χ1n) is 4.56. The molecular weight excluding hydrogens is 208 g/mol. The molecule has 0 aromatic carbocycles. The van der Waals surface area contributed by atoms with Crippen LogP contribution in [0.3, 0.4) is 0 Å². The molecule has 0 rings (SSSR count). The van der Waals surface area contributed by atoms with Gasteiger partial charge in [0.2, 0.25) is 0 Å². The summed E-state index contributed by atoms with van der Waals surface area (Å²) >= 11 is 0. The van der Waals surface area contributed by atoms with E-state index in [0.29, 0.717) is 0 Å². The Morgan fingerprint density at radius 3 is 1.27 bits per heavy atom. The normalized spacial score (nSPS) is 8.80. The van der Waals surface area contributed by atoms with Crippen LogP contribution in [0.15, 0.2) is 38.1 Å². The van der Waals surface area contributed by atoms with Crippen molar-refractivity contribution in [3.8, 4) is 0 Å². The van der Waals surface area contributed by atoms with E-state index in [1.807, 2.05) is 6.08 Å². The Morgan fingerprint density at radius 2 is 1.27 bits per heavy atom. The molecule has 4 heteroatoms. The molecule has 0 aliphatic heterocycles. The largest absolute Gasteiger partial charge is 0.528 e. The van der Waals surface area contributed by atoms with Crippen LogP contribution in [0.1, 0.15) is 13.3 Å². The van der Waals surface area contributed by atoms with Crippen LogP contribution in [0.2, 0.25) is 0 Å². The second-order valence-electron chi connectivity index (χ2n) is 2.12. The van der Waals surface area contributed by atoms with E-state index in [-0.39, 0.29) is 0 Å². The summed E-state index contributed by atoms with van der Waals surface area (Å²) in [6.45, 7) is 15.1. The predicted molar refractivity (Wildman–Crippen MR) is 68.7 cm³/mol. The Labute approximate surface area is 95.4 Å². The standard InChI is InChI=1S/C5H12O3Si.C4H8.C2H4/c1-5-9(6-2,7-3)8-4;1-3-4-2;1-2/h5H,1H2,2-4H3;3H,1,4H2,2H3;1-2H2. The third-order valence-electron chi connectivity index (χ3n) is 1.39. The van der Waals surface area contributed by atoms with Gasteiger partial charge in [-0.2, -0.15) is 0 Å². The lowest BCUT2D eigenvalue weighted by molar-refractivity contribution is 0.138. The van der Waals surface area contributed by atoms with Crippen molar-refractivity contribution in [2.24, 2.45) is 0 Å². The molecule has 0 saturated carbocycles. The third kappa shape index (κ3) is 11.2. The molecule has 0 unspecified atom stereocenters. The van der Waals surface area contributed by atoms with Gasteiger partial charge in [-0.05, 0) is 12.1 Å². The van der Waals surface area contributed by atoms with Crippen LogP contribution in [-0.4, -0.2) is 30.1 Å². The molecule has 0 fully saturated rings. The molecule has 0 amide bonds. The molecule has 0 saturated heterocycles. The molecule has 0 aliphatic rings. The lowest BCUT2D eigenvalue weighted by Gasteiger charge is -2.19. The lowest BCUT2D eigenvalue weighted by Crippen LogP contribution is -2.40. The minimum atomic E-state index is -2.43. The first-order valence-corrected chi connectivity index (χ1v) is 6.36. The van der Waals surface area contributed by atoms with Crippen LogP contribution in [0, 0.1) is 0 Å². The topological polar surface area (TPSA) is 27.7 Å². The van der Waals surface area contributed by atoms with Crippen molar-refractivity contribution in [2.45, 2.75) is 13.3 Å². The van der Waals surface area contributed by atoms with E-state index >= 15 is 0 Å². The van der Waals surface area contributed by atoms with Gasteiger partial charge in [-0.15, -0.1) is 19.7 Å². The van der Waals surface area contributed by atoms with E-state index in [1.165, 1.54) is 0 Å². The highest BCUT2D eigenvalue weighted by Gasteiger charge is 2.33. The fourth-order valence-corrected chi connectivity index (χ4v) is 1.50. The van der Waals surface area contributed by atoms with E-state index < -0.39 is 8.80 Å². The van der Waals surface area contributed by atoms with Crippen molar-refractivity contribution < 1.29 is 13.3 Å². The van der Waals surface area contributed by atoms with Crippen LogP contribution in [0.5, 0.6) is 0 Å². The third-order valence-corrected chi connectivity index (χ3v) is 3.60. The predicted octanol–water partition coefficient (Wildman–Crippen LogP) is 2.97. The summed E-state index contributed by atoms with van der Waals surface area (Å²) in [6.07, 6.45) is 2.96. The molecule has 90 valence electrons. The fourth-order valence-electron chi connectivity index (χ4n) is 0.500. The van der Waals surface area contributed by atoms with Gasteiger partial charge in [0, 0.05) is 21.3 Å². The van der Waals surface area contributed by atoms with Crippen LogP contribution in [0.25, 0.3) is 0 Å². The first-order chi connectivity index (χ1) is 7.16. The van der Waals surface area contributed by atoms with Gasteiger partial charge in [0.15, 0.2) is 0 Å². The van der Waals surface area contributed by atoms with E-state index in [9.17, 15) is 0 Å². The smallest absolute Gasteiger partial charge is 0.374 e. The Morgan fingerprint density at radius 1 is 1.00 bits per heavy atom. The number of allylic oxidation sites excluding steroid dienone is 1. The molecular formula is C11H24O3Si. The molecule has 0 bridgehead atoms. The zero-order valence-electron chi connectivity index (χ0n) is 10.4. The summed E-state index contributed by atoms with van der Waals surface area (Å²) in [5.41, 5.74) is 1.58. The van der Waals surface area contributed by atoms with E-state index in [0.717, 1.165) is 6.42 Å². The fraction of sp³-hybridized carbons (Fsp3) is 0.455. The number of hydrogen-bond donors (Lipinski definition) is 0. The summed E-state index contributed by atoms with van der Waals surface area (Å²) in [6, 6.07) is 0. The summed E-state index contributed by atoms with van der Waals surface area (Å²) in [5.74, 6) is 0. The van der Waals surface area contributed by atoms with Gasteiger partial charge in [0.05, 0.1) is 0 Å². The van der Waals surface area contributed by atoms with Crippen LogP contribution in [0.4, 0.5) is 0 Å². The highest BCUT2D eigenvalue weighted by Crippen LogP contribution is 2.04. The highest BCUT2D eigenvalue weighted by atomic mass is 28.4. The zero-order chi connectivity index (χ0) is 12.7. The van der Waals surface area contributed by atoms with Crippen molar-refractivity contribution in [1.29, 1.82) is 0 Å². The Hall–Kier alpha value is -0.683. The van der Waals surface area contributed by atoms with Crippen molar-refractivity contribution >= 4 is 8.80 Å². The van der Waals surface area contributed by atoms with Crippen LogP contribution in [-0.2, 0) is 13.3 Å². The van der Waals surface area contributed by atoms with E-state index in [2.05, 4.69) is 33.2 Å². The molecule has 0 radical (unpaired) electrons. The number of rotatable bonds is 5. The minimum Gasteiger partial charge on any atom is -0.374 e. The molecule has 3 nitrogen and oxygen atoms in total. The zero-order valence-corrected chi connectivity index (χ0v) is 11.4. The molecule has 0 atom stereocenters. The van der Waals surface area contributed by atoms with Gasteiger partial charge >= 0.3 is 8.80 Å². The van der Waals surface area contributed by atoms with Gasteiger partial charge in [0.1, 0.15) is 0 Å². The second kappa shape index (κ2) is 15.8. The summed E-state index contributed by atoms with van der Waals surface area (Å²) in [7, 11) is 2.20. The van der Waals surface area contributed by atoms with Crippen molar-refractivity contribution in [2.75, 3.05) is 21.3 Å². The first kappa shape index (κ1) is 19.8. The molecule has 0 N–H and O–H groups in total. The monoisotopic (exact) mass is 232 g/mol. The molecule has 0 spiro atoms. The van der Waals surface area contributed by atoms with Gasteiger partial charge in [-0.3, -0.25) is 0 Å². The van der Waals surface area contributed by atoms with Crippen LogP contribution >= 0.6 is 0 Å². The Bertz CT molecular complexity index is 137. The molecule has 0 heterocycles. The highest BCUT2D eigenvalue weighted by molar-refractivity contribution is 6.66. The molecule has 15 heavy (non-hydrogen) atoms. The van der Waals surface area contributed by atoms with Gasteiger partial charge in [-0.1, -0.05) is 19.6 Å². The van der Waals surface area contributed by atoms with Gasteiger partial charge in [0.25, 0.3) is 0 Å². The average Bonchev–Trinajstić information content (AvgIpc) is 2.35. The average molecular weight is 232 g/mol. The van der Waals surface area contributed by atoms with Gasteiger partial charge in [-0.25, -0.2) is 0 Å². The summed E-state index contributed by atoms with van der Waals surface area (Å²) in [4.78, 5) is 0. The maximum absolute atomic E-state index is 4.96. The van der Waals surface area contributed by atoms with Crippen molar-refractivity contribution in [1.82, 2.24) is 0 Å². The summed E-state index contributed by atoms with van der Waals surface area (Å²) < 4.78 is 14.9. The molecule has 0 aromatic heterocycles. The van der Waals surface area contributed by atoms with Crippen molar-refractivity contribution in [3.05, 3.63) is 38.1 Å². The van der Waals surface area contributed by atoms with Crippen LogP contribution < -0.4 is 0 Å². The second-order valence-corrected chi connectivity index (χ2v) is 4.96. The number of hydrogen-bond acceptors (Lipinski definition) is 3. The lowest BCUT2D eigenvalue weighted by atomic mass is 10.5. The summed E-state index contributed by atoms with van der Waals surface area (Å²) in [5, 5.41) is 0. The maximum Gasteiger partial charge on any atom is 0.528 e. The maximum atomic E-state index is 4.96. The SMILES string of the molecule is C=C.C=CCC.C=C[Si](OC)(OC)OC. The van der Waals surface area contributed by atoms with Gasteiger partial charge < -0.3 is 13.3 Å². The Kier molecular flexibility index (Phi) is 20.8. The minimum absolute atomic E-state index is 1.08.